The fourth-order valence-corrected chi connectivity index (χ4v) is 2.55. The maximum absolute atomic E-state index is 12.0. The van der Waals surface area contributed by atoms with E-state index in [1.54, 1.807) is 18.5 Å². The number of amides is 1. The predicted octanol–water partition coefficient (Wildman–Crippen LogP) is 1.53. The number of hydrogen-bond donors (Lipinski definition) is 3. The summed E-state index contributed by atoms with van der Waals surface area (Å²) in [5, 5.41) is 2.97. The Balaban J connectivity index is 1.91. The molecule has 4 N–H and O–H groups in total. The van der Waals surface area contributed by atoms with E-state index in [0.717, 1.165) is 12.5 Å². The predicted molar refractivity (Wildman–Crippen MR) is 70.9 cm³/mol. The summed E-state index contributed by atoms with van der Waals surface area (Å²) in [6, 6.07) is 1.67. The fraction of sp³-hybridized carbons (Fsp3) is 0.538. The summed E-state index contributed by atoms with van der Waals surface area (Å²) in [5.41, 5.74) is 3.58. The molecule has 0 spiro atoms. The van der Waals surface area contributed by atoms with Crippen molar-refractivity contribution in [2.24, 2.45) is 17.7 Å². The maximum Gasteiger partial charge on any atom is 0.253 e. The van der Waals surface area contributed by atoms with E-state index in [2.05, 4.69) is 22.7 Å². The molecule has 1 amide bonds. The first-order valence-corrected chi connectivity index (χ1v) is 6.39. The monoisotopic (exact) mass is 248 g/mol. The van der Waals surface area contributed by atoms with E-state index in [0.29, 0.717) is 17.2 Å². The molecule has 18 heavy (non-hydrogen) atoms. The first kappa shape index (κ1) is 12.8. The third kappa shape index (κ3) is 2.98. The van der Waals surface area contributed by atoms with Crippen LogP contribution in [-0.4, -0.2) is 17.4 Å². The van der Waals surface area contributed by atoms with Gasteiger partial charge in [-0.25, -0.2) is 0 Å². The van der Waals surface area contributed by atoms with Gasteiger partial charge in [0.25, 0.3) is 5.91 Å². The molecule has 0 saturated heterocycles. The number of nitrogen functional groups attached to an aromatic ring is 1. The van der Waals surface area contributed by atoms with E-state index in [9.17, 15) is 4.79 Å². The van der Waals surface area contributed by atoms with Crippen LogP contribution in [0, 0.1) is 11.8 Å². The van der Waals surface area contributed by atoms with Gasteiger partial charge < -0.3 is 10.7 Å². The smallest absolute Gasteiger partial charge is 0.253 e. The first-order valence-electron chi connectivity index (χ1n) is 6.39. The van der Waals surface area contributed by atoms with E-state index in [1.807, 2.05) is 0 Å². The molecule has 1 aromatic rings. The summed E-state index contributed by atoms with van der Waals surface area (Å²) < 4.78 is 0. The lowest BCUT2D eigenvalue weighted by molar-refractivity contribution is 0.0948. The second-order valence-electron chi connectivity index (χ2n) is 5.06. The molecule has 0 aromatic carbocycles. The zero-order valence-corrected chi connectivity index (χ0v) is 10.6. The Kier molecular flexibility index (Phi) is 4.15. The third-order valence-corrected chi connectivity index (χ3v) is 3.58. The van der Waals surface area contributed by atoms with E-state index in [-0.39, 0.29) is 5.91 Å². The molecule has 1 fully saturated rings. The minimum atomic E-state index is -0.0927. The molecule has 1 saturated carbocycles. The van der Waals surface area contributed by atoms with Crippen LogP contribution in [-0.2, 0) is 0 Å². The van der Waals surface area contributed by atoms with Gasteiger partial charge in [0, 0.05) is 12.7 Å². The normalized spacial score (nSPS) is 22.8. The lowest BCUT2D eigenvalue weighted by Crippen LogP contribution is -2.29. The molecule has 2 atom stereocenters. The second-order valence-corrected chi connectivity index (χ2v) is 5.06. The number of nitrogens with one attached hydrogen (secondary N) is 2. The second kappa shape index (κ2) is 5.82. The van der Waals surface area contributed by atoms with Gasteiger partial charge in [-0.15, -0.1) is 0 Å². The van der Waals surface area contributed by atoms with Crippen molar-refractivity contribution in [3.63, 3.8) is 0 Å². The van der Waals surface area contributed by atoms with Gasteiger partial charge in [0.1, 0.15) is 0 Å². The van der Waals surface area contributed by atoms with Crippen LogP contribution in [0.25, 0.3) is 0 Å². The summed E-state index contributed by atoms with van der Waals surface area (Å²) >= 11 is 0. The third-order valence-electron chi connectivity index (χ3n) is 3.58. The van der Waals surface area contributed by atoms with Crippen molar-refractivity contribution >= 4 is 11.6 Å². The highest BCUT2D eigenvalue weighted by Gasteiger charge is 2.22. The average Bonchev–Trinajstić information content (AvgIpc) is 2.81. The molecule has 1 aliphatic carbocycles. The maximum atomic E-state index is 12.0. The van der Waals surface area contributed by atoms with Gasteiger partial charge in [-0.1, -0.05) is 13.3 Å². The van der Waals surface area contributed by atoms with Crippen LogP contribution < -0.4 is 16.6 Å². The zero-order chi connectivity index (χ0) is 13.0. The largest absolute Gasteiger partial charge is 0.352 e. The van der Waals surface area contributed by atoms with Gasteiger partial charge in [-0.05, 0) is 30.7 Å². The molecule has 1 aromatic heterocycles. The lowest BCUT2D eigenvalue weighted by atomic mass is 10.1. The van der Waals surface area contributed by atoms with Crippen LogP contribution in [0.4, 0.5) is 5.69 Å². The number of pyridine rings is 1. The fourth-order valence-electron chi connectivity index (χ4n) is 2.55. The number of carbonyl (C=O) groups excluding carboxylic acids is 1. The quantitative estimate of drug-likeness (QED) is 0.557. The van der Waals surface area contributed by atoms with Gasteiger partial charge in [-0.3, -0.25) is 15.6 Å². The van der Waals surface area contributed by atoms with Crippen LogP contribution in [0.2, 0.25) is 0 Å². The number of rotatable bonds is 4. The molecule has 5 nitrogen and oxygen atoms in total. The first-order chi connectivity index (χ1) is 8.70. The summed E-state index contributed by atoms with van der Waals surface area (Å²) in [5.74, 6) is 6.66. The number of anilines is 1. The topological polar surface area (TPSA) is 80.0 Å². The van der Waals surface area contributed by atoms with Crippen molar-refractivity contribution in [2.45, 2.75) is 26.2 Å². The van der Waals surface area contributed by atoms with Crippen LogP contribution in [0.5, 0.6) is 0 Å². The molecule has 1 aliphatic rings. The number of carbonyl (C=O) groups is 1. The molecule has 5 heteroatoms. The van der Waals surface area contributed by atoms with Gasteiger partial charge in [0.05, 0.1) is 17.4 Å². The molecule has 0 aliphatic heterocycles. The number of nitrogens with zero attached hydrogens (tertiary/aromatic N) is 1. The molecule has 0 bridgehead atoms. The highest BCUT2D eigenvalue weighted by Crippen LogP contribution is 2.29. The van der Waals surface area contributed by atoms with Gasteiger partial charge in [0.15, 0.2) is 0 Å². The molecular formula is C13H20N4O. The van der Waals surface area contributed by atoms with E-state index >= 15 is 0 Å². The Morgan fingerprint density at radius 1 is 1.56 bits per heavy atom. The summed E-state index contributed by atoms with van der Waals surface area (Å²) in [4.78, 5) is 16.0. The van der Waals surface area contributed by atoms with Crippen molar-refractivity contribution in [3.05, 3.63) is 24.0 Å². The van der Waals surface area contributed by atoms with Crippen molar-refractivity contribution < 1.29 is 4.79 Å². The number of aromatic nitrogens is 1. The lowest BCUT2D eigenvalue weighted by Gasteiger charge is -2.12. The number of hydrazine groups is 1. The van der Waals surface area contributed by atoms with Crippen LogP contribution >= 0.6 is 0 Å². The molecule has 2 rings (SSSR count). The summed E-state index contributed by atoms with van der Waals surface area (Å²) in [6.07, 6.45) is 6.82. The standard InChI is InChI=1S/C13H20N4O/c1-9-2-3-10(6-9)7-16-13(18)11-4-5-15-8-12(11)17-14/h4-5,8-10,17H,2-3,6-7,14H2,1H3,(H,16,18). The van der Waals surface area contributed by atoms with Crippen molar-refractivity contribution in [1.29, 1.82) is 0 Å². The van der Waals surface area contributed by atoms with Crippen molar-refractivity contribution in [2.75, 3.05) is 12.0 Å². The molecule has 2 unspecified atom stereocenters. The SMILES string of the molecule is CC1CCC(CNC(=O)c2ccncc2NN)C1. The van der Waals surface area contributed by atoms with Gasteiger partial charge in [-0.2, -0.15) is 0 Å². The Hall–Kier alpha value is -1.62. The van der Waals surface area contributed by atoms with Crippen molar-refractivity contribution in [3.8, 4) is 0 Å². The zero-order valence-electron chi connectivity index (χ0n) is 10.6. The van der Waals surface area contributed by atoms with E-state index < -0.39 is 0 Å². The Bertz CT molecular complexity index is 421. The Labute approximate surface area is 107 Å². The minimum Gasteiger partial charge on any atom is -0.352 e. The Morgan fingerprint density at radius 3 is 3.06 bits per heavy atom. The molecule has 98 valence electrons. The van der Waals surface area contributed by atoms with E-state index in [4.69, 9.17) is 5.84 Å². The summed E-state index contributed by atoms with van der Waals surface area (Å²) in [6.45, 7) is 3.01. The van der Waals surface area contributed by atoms with Crippen LogP contribution in [0.15, 0.2) is 18.5 Å². The molecule has 1 heterocycles. The minimum absolute atomic E-state index is 0.0927. The highest BCUT2D eigenvalue weighted by atomic mass is 16.1. The number of nitrogens with two attached hydrogens (primary N) is 1. The Morgan fingerprint density at radius 2 is 2.39 bits per heavy atom. The summed E-state index contributed by atoms with van der Waals surface area (Å²) in [7, 11) is 0. The highest BCUT2D eigenvalue weighted by molar-refractivity contribution is 5.99. The van der Waals surface area contributed by atoms with Gasteiger partial charge in [0.2, 0.25) is 0 Å². The average molecular weight is 248 g/mol. The van der Waals surface area contributed by atoms with Crippen LogP contribution in [0.1, 0.15) is 36.5 Å². The van der Waals surface area contributed by atoms with Crippen molar-refractivity contribution in [1.82, 2.24) is 10.3 Å². The van der Waals surface area contributed by atoms with Gasteiger partial charge >= 0.3 is 0 Å². The molecule has 0 radical (unpaired) electrons. The van der Waals surface area contributed by atoms with Crippen LogP contribution in [0.3, 0.4) is 0 Å². The number of hydrogen-bond acceptors (Lipinski definition) is 4. The van der Waals surface area contributed by atoms with E-state index in [1.165, 1.54) is 19.3 Å². The molecular weight excluding hydrogens is 228 g/mol.